The highest BCUT2D eigenvalue weighted by Gasteiger charge is 1.99. The summed E-state index contributed by atoms with van der Waals surface area (Å²) >= 11 is 0. The summed E-state index contributed by atoms with van der Waals surface area (Å²) in [4.78, 5) is 2.11. The van der Waals surface area contributed by atoms with Crippen molar-refractivity contribution in [3.05, 3.63) is 36.0 Å². The second kappa shape index (κ2) is 5.59. The molecule has 0 spiro atoms. The van der Waals surface area contributed by atoms with Crippen molar-refractivity contribution in [2.75, 3.05) is 24.3 Å². The van der Waals surface area contributed by atoms with Gasteiger partial charge in [0.05, 0.1) is 0 Å². The quantitative estimate of drug-likeness (QED) is 0.830. The van der Waals surface area contributed by atoms with E-state index in [4.69, 9.17) is 0 Å². The van der Waals surface area contributed by atoms with Gasteiger partial charge in [0, 0.05) is 25.5 Å². The topological polar surface area (TPSA) is 15.3 Å². The molecule has 1 rings (SSSR count). The first-order chi connectivity index (χ1) is 7.50. The summed E-state index contributed by atoms with van der Waals surface area (Å²) in [5.41, 5.74) is 3.66. The fourth-order valence-corrected chi connectivity index (χ4v) is 1.42. The standard InChI is InChI=1S/C14H22N2/c1-11(2)8-9-15-14-7-6-13(16(4)5)10-12(14)3/h6-11,15H,1-5H3/b9-8+. The molecule has 0 aliphatic heterocycles. The lowest BCUT2D eigenvalue weighted by molar-refractivity contribution is 0.830. The number of hydrogen-bond donors (Lipinski definition) is 1. The van der Waals surface area contributed by atoms with Gasteiger partial charge in [-0.25, -0.2) is 0 Å². The van der Waals surface area contributed by atoms with Crippen LogP contribution in [0.2, 0.25) is 0 Å². The molecule has 0 heterocycles. The van der Waals surface area contributed by atoms with Crippen molar-refractivity contribution < 1.29 is 0 Å². The van der Waals surface area contributed by atoms with Gasteiger partial charge in [-0.15, -0.1) is 0 Å². The minimum Gasteiger partial charge on any atom is -0.378 e. The molecule has 1 aromatic carbocycles. The molecule has 0 unspecified atom stereocenters. The van der Waals surface area contributed by atoms with Gasteiger partial charge in [-0.1, -0.05) is 19.9 Å². The molecule has 0 aliphatic rings. The molecule has 1 aromatic rings. The van der Waals surface area contributed by atoms with Crippen LogP contribution in [0, 0.1) is 12.8 Å². The fourth-order valence-electron chi connectivity index (χ4n) is 1.42. The summed E-state index contributed by atoms with van der Waals surface area (Å²) < 4.78 is 0. The number of hydrogen-bond acceptors (Lipinski definition) is 2. The van der Waals surface area contributed by atoms with Crippen LogP contribution in [0.4, 0.5) is 11.4 Å². The lowest BCUT2D eigenvalue weighted by Gasteiger charge is -2.15. The highest BCUT2D eigenvalue weighted by atomic mass is 15.1. The molecule has 0 amide bonds. The van der Waals surface area contributed by atoms with Crippen molar-refractivity contribution in [2.45, 2.75) is 20.8 Å². The molecule has 0 saturated carbocycles. The number of nitrogens with zero attached hydrogens (tertiary/aromatic N) is 1. The Kier molecular flexibility index (Phi) is 4.41. The van der Waals surface area contributed by atoms with Crippen LogP contribution in [0.15, 0.2) is 30.5 Å². The summed E-state index contributed by atoms with van der Waals surface area (Å²) in [6.45, 7) is 6.46. The molecule has 0 bridgehead atoms. The van der Waals surface area contributed by atoms with E-state index < -0.39 is 0 Å². The third kappa shape index (κ3) is 3.61. The maximum absolute atomic E-state index is 3.31. The Hall–Kier alpha value is -1.44. The van der Waals surface area contributed by atoms with Crippen LogP contribution < -0.4 is 10.2 Å². The smallest absolute Gasteiger partial charge is 0.0410 e. The van der Waals surface area contributed by atoms with Crippen LogP contribution in [-0.2, 0) is 0 Å². The zero-order valence-corrected chi connectivity index (χ0v) is 10.9. The second-order valence-corrected chi connectivity index (χ2v) is 4.64. The van der Waals surface area contributed by atoms with Crippen molar-refractivity contribution in [2.24, 2.45) is 5.92 Å². The number of anilines is 2. The first kappa shape index (κ1) is 12.6. The van der Waals surface area contributed by atoms with Crippen LogP contribution in [0.3, 0.4) is 0 Å². The van der Waals surface area contributed by atoms with Gasteiger partial charge in [0.25, 0.3) is 0 Å². The molecule has 1 N–H and O–H groups in total. The molecule has 0 aliphatic carbocycles. The van der Waals surface area contributed by atoms with E-state index in [1.165, 1.54) is 16.9 Å². The van der Waals surface area contributed by atoms with Crippen LogP contribution in [0.25, 0.3) is 0 Å². The monoisotopic (exact) mass is 218 g/mol. The first-order valence-corrected chi connectivity index (χ1v) is 5.72. The van der Waals surface area contributed by atoms with Crippen LogP contribution in [0.1, 0.15) is 19.4 Å². The highest BCUT2D eigenvalue weighted by Crippen LogP contribution is 2.21. The fraction of sp³-hybridized carbons (Fsp3) is 0.429. The Bertz CT molecular complexity index is 365. The van der Waals surface area contributed by atoms with E-state index in [0.717, 1.165) is 0 Å². The van der Waals surface area contributed by atoms with Crippen LogP contribution in [0.5, 0.6) is 0 Å². The maximum Gasteiger partial charge on any atom is 0.0410 e. The van der Waals surface area contributed by atoms with Gasteiger partial charge < -0.3 is 10.2 Å². The summed E-state index contributed by atoms with van der Waals surface area (Å²) in [5.74, 6) is 0.578. The Morgan fingerprint density at radius 2 is 1.94 bits per heavy atom. The minimum atomic E-state index is 0.578. The zero-order valence-electron chi connectivity index (χ0n) is 10.9. The van der Waals surface area contributed by atoms with E-state index in [2.05, 4.69) is 69.4 Å². The molecular formula is C14H22N2. The summed E-state index contributed by atoms with van der Waals surface area (Å²) in [6.07, 6.45) is 4.17. The van der Waals surface area contributed by atoms with Gasteiger partial charge in [-0.05, 0) is 42.8 Å². The average Bonchev–Trinajstić information content (AvgIpc) is 2.19. The van der Waals surface area contributed by atoms with E-state index in [0.29, 0.717) is 5.92 Å². The van der Waals surface area contributed by atoms with Gasteiger partial charge in [-0.3, -0.25) is 0 Å². The molecule has 2 nitrogen and oxygen atoms in total. The van der Waals surface area contributed by atoms with Crippen molar-refractivity contribution in [1.82, 2.24) is 0 Å². The first-order valence-electron chi connectivity index (χ1n) is 5.72. The molecule has 0 atom stereocenters. The molecule has 0 radical (unpaired) electrons. The SMILES string of the molecule is Cc1cc(N(C)C)ccc1N/C=C/C(C)C. The van der Waals surface area contributed by atoms with Crippen LogP contribution in [-0.4, -0.2) is 14.1 Å². The maximum atomic E-state index is 3.31. The number of benzene rings is 1. The lowest BCUT2D eigenvalue weighted by Crippen LogP contribution is -2.08. The molecule has 0 fully saturated rings. The predicted octanol–water partition coefficient (Wildman–Crippen LogP) is 3.64. The third-order valence-corrected chi connectivity index (χ3v) is 2.45. The molecule has 0 aromatic heterocycles. The van der Waals surface area contributed by atoms with E-state index in [1.54, 1.807) is 0 Å². The predicted molar refractivity (Wildman–Crippen MR) is 73.1 cm³/mol. The highest BCUT2D eigenvalue weighted by molar-refractivity contribution is 5.60. The van der Waals surface area contributed by atoms with Crippen molar-refractivity contribution in [3.8, 4) is 0 Å². The normalized spacial score (nSPS) is 11.1. The Morgan fingerprint density at radius 3 is 2.44 bits per heavy atom. The number of allylic oxidation sites excluding steroid dienone is 1. The van der Waals surface area contributed by atoms with Gasteiger partial charge >= 0.3 is 0 Å². The number of aryl methyl sites for hydroxylation is 1. The Morgan fingerprint density at radius 1 is 1.25 bits per heavy atom. The zero-order chi connectivity index (χ0) is 12.1. The second-order valence-electron chi connectivity index (χ2n) is 4.64. The van der Waals surface area contributed by atoms with Crippen molar-refractivity contribution >= 4 is 11.4 Å². The Balaban J connectivity index is 2.75. The van der Waals surface area contributed by atoms with E-state index >= 15 is 0 Å². The molecular weight excluding hydrogens is 196 g/mol. The Labute approximate surface area is 99.0 Å². The molecule has 16 heavy (non-hydrogen) atoms. The lowest BCUT2D eigenvalue weighted by atomic mass is 10.1. The van der Waals surface area contributed by atoms with Gasteiger partial charge in [0.15, 0.2) is 0 Å². The summed E-state index contributed by atoms with van der Waals surface area (Å²) in [7, 11) is 4.11. The molecule has 2 heteroatoms. The number of rotatable bonds is 4. The average molecular weight is 218 g/mol. The van der Waals surface area contributed by atoms with Crippen molar-refractivity contribution in [1.29, 1.82) is 0 Å². The third-order valence-electron chi connectivity index (χ3n) is 2.45. The van der Waals surface area contributed by atoms with E-state index in [1.807, 2.05) is 6.20 Å². The van der Waals surface area contributed by atoms with Gasteiger partial charge in [0.2, 0.25) is 0 Å². The van der Waals surface area contributed by atoms with Crippen molar-refractivity contribution in [3.63, 3.8) is 0 Å². The van der Waals surface area contributed by atoms with Crippen LogP contribution >= 0.6 is 0 Å². The summed E-state index contributed by atoms with van der Waals surface area (Å²) in [6, 6.07) is 6.43. The van der Waals surface area contributed by atoms with Gasteiger partial charge in [-0.2, -0.15) is 0 Å². The largest absolute Gasteiger partial charge is 0.378 e. The van der Waals surface area contributed by atoms with E-state index in [-0.39, 0.29) is 0 Å². The molecule has 0 saturated heterocycles. The van der Waals surface area contributed by atoms with Gasteiger partial charge in [0.1, 0.15) is 0 Å². The van der Waals surface area contributed by atoms with E-state index in [9.17, 15) is 0 Å². The minimum absolute atomic E-state index is 0.578. The molecule has 88 valence electrons. The summed E-state index contributed by atoms with van der Waals surface area (Å²) in [5, 5.41) is 3.31. The number of nitrogens with one attached hydrogen (secondary N) is 1.